The van der Waals surface area contributed by atoms with Gasteiger partial charge in [0.1, 0.15) is 5.78 Å². The Labute approximate surface area is 107 Å². The molecule has 18 heavy (non-hydrogen) atoms. The third-order valence-electron chi connectivity index (χ3n) is 2.99. The highest BCUT2D eigenvalue weighted by atomic mass is 16.6. The highest BCUT2D eigenvalue weighted by Gasteiger charge is 2.43. The Morgan fingerprint density at radius 1 is 1.39 bits per heavy atom. The van der Waals surface area contributed by atoms with Crippen LogP contribution in [-0.2, 0) is 14.3 Å². The van der Waals surface area contributed by atoms with Crippen molar-refractivity contribution in [2.75, 3.05) is 6.61 Å². The van der Waals surface area contributed by atoms with Gasteiger partial charge in [-0.1, -0.05) is 0 Å². The molecule has 0 spiro atoms. The van der Waals surface area contributed by atoms with E-state index in [1.165, 1.54) is 20.8 Å². The van der Waals surface area contributed by atoms with E-state index >= 15 is 0 Å². The Morgan fingerprint density at radius 2 is 1.94 bits per heavy atom. The summed E-state index contributed by atoms with van der Waals surface area (Å²) >= 11 is 0. The van der Waals surface area contributed by atoms with E-state index in [2.05, 4.69) is 0 Å². The van der Waals surface area contributed by atoms with Crippen LogP contribution >= 0.6 is 0 Å². The highest BCUT2D eigenvalue weighted by molar-refractivity contribution is 5.79. The summed E-state index contributed by atoms with van der Waals surface area (Å²) in [6, 6.07) is 0. The summed E-state index contributed by atoms with van der Waals surface area (Å²) in [5.41, 5.74) is -1.31. The number of ketones is 1. The molecule has 6 heteroatoms. The molecule has 0 aromatic carbocycles. The molecule has 1 atom stereocenters. The van der Waals surface area contributed by atoms with Crippen molar-refractivity contribution < 1.29 is 19.2 Å². The van der Waals surface area contributed by atoms with Crippen LogP contribution in [0.2, 0.25) is 0 Å². The Kier molecular flexibility index (Phi) is 6.51. The van der Waals surface area contributed by atoms with E-state index in [9.17, 15) is 19.7 Å². The number of hydrogen-bond acceptors (Lipinski definition) is 5. The quantitative estimate of drug-likeness (QED) is 0.378. The van der Waals surface area contributed by atoms with Gasteiger partial charge in [0.2, 0.25) is 5.54 Å². The smallest absolute Gasteiger partial charge is 0.305 e. The minimum Gasteiger partial charge on any atom is -0.466 e. The lowest BCUT2D eigenvalue weighted by atomic mass is 9.81. The van der Waals surface area contributed by atoms with Crippen LogP contribution in [0, 0.1) is 16.0 Å². The number of rotatable bonds is 8. The van der Waals surface area contributed by atoms with Crippen LogP contribution in [0.5, 0.6) is 0 Å². The van der Waals surface area contributed by atoms with Crippen LogP contribution in [0.3, 0.4) is 0 Å². The van der Waals surface area contributed by atoms with E-state index in [4.69, 9.17) is 4.74 Å². The molecular formula is C12H21NO5. The maximum absolute atomic E-state index is 11.5. The minimum atomic E-state index is -1.31. The van der Waals surface area contributed by atoms with Crippen LogP contribution < -0.4 is 0 Å². The predicted octanol–water partition coefficient (Wildman–Crippen LogP) is 1.98. The molecule has 104 valence electrons. The van der Waals surface area contributed by atoms with E-state index in [1.54, 1.807) is 6.92 Å². The number of esters is 1. The van der Waals surface area contributed by atoms with Crippen molar-refractivity contribution in [3.8, 4) is 0 Å². The number of carbonyl (C=O) groups is 2. The fourth-order valence-electron chi connectivity index (χ4n) is 1.86. The SMILES string of the molecule is CCOC(=O)CCCC(C(C)=O)C(C)(C)[N+](=O)[O-]. The molecule has 0 aliphatic rings. The average molecular weight is 259 g/mol. The fourth-order valence-corrected chi connectivity index (χ4v) is 1.86. The number of ether oxygens (including phenoxy) is 1. The van der Waals surface area contributed by atoms with Crippen molar-refractivity contribution >= 4 is 11.8 Å². The molecule has 0 saturated carbocycles. The van der Waals surface area contributed by atoms with Crippen molar-refractivity contribution in [3.05, 3.63) is 10.1 Å². The summed E-state index contributed by atoms with van der Waals surface area (Å²) in [4.78, 5) is 33.1. The Bertz CT molecular complexity index is 324. The van der Waals surface area contributed by atoms with Crippen LogP contribution in [0.1, 0.15) is 47.0 Å². The largest absolute Gasteiger partial charge is 0.466 e. The number of nitro groups is 1. The van der Waals surface area contributed by atoms with Crippen LogP contribution in [-0.4, -0.2) is 28.8 Å². The van der Waals surface area contributed by atoms with E-state index in [-0.39, 0.29) is 18.2 Å². The minimum absolute atomic E-state index is 0.186. The number of nitrogens with zero attached hydrogens (tertiary/aromatic N) is 1. The molecule has 0 radical (unpaired) electrons. The highest BCUT2D eigenvalue weighted by Crippen LogP contribution is 2.26. The monoisotopic (exact) mass is 259 g/mol. The van der Waals surface area contributed by atoms with Crippen LogP contribution in [0.4, 0.5) is 0 Å². The first kappa shape index (κ1) is 16.5. The van der Waals surface area contributed by atoms with Gasteiger partial charge in [0.05, 0.1) is 12.5 Å². The van der Waals surface area contributed by atoms with Crippen molar-refractivity contribution in [2.24, 2.45) is 5.92 Å². The number of hydrogen-bond donors (Lipinski definition) is 0. The lowest BCUT2D eigenvalue weighted by molar-refractivity contribution is -0.568. The zero-order chi connectivity index (χ0) is 14.3. The molecule has 0 bridgehead atoms. The molecule has 0 rings (SSSR count). The average Bonchev–Trinajstić information content (AvgIpc) is 2.23. The molecule has 0 fully saturated rings. The molecule has 0 heterocycles. The van der Waals surface area contributed by atoms with E-state index < -0.39 is 16.4 Å². The molecular weight excluding hydrogens is 238 g/mol. The molecule has 6 nitrogen and oxygen atoms in total. The van der Waals surface area contributed by atoms with Crippen molar-refractivity contribution in [3.63, 3.8) is 0 Å². The van der Waals surface area contributed by atoms with Gasteiger partial charge in [-0.05, 0) is 26.7 Å². The summed E-state index contributed by atoms with van der Waals surface area (Å²) < 4.78 is 4.76. The first-order valence-corrected chi connectivity index (χ1v) is 6.04. The molecule has 0 N–H and O–H groups in total. The number of Topliss-reactive ketones (excluding diaryl/α,β-unsaturated/α-hetero) is 1. The fraction of sp³-hybridized carbons (Fsp3) is 0.833. The lowest BCUT2D eigenvalue weighted by Crippen LogP contribution is -2.43. The standard InChI is InChI=1S/C12H21NO5/c1-5-18-11(15)8-6-7-10(9(2)14)12(3,4)13(16)17/h10H,5-8H2,1-4H3. The molecule has 0 aliphatic carbocycles. The second-order valence-electron chi connectivity index (χ2n) is 4.77. The second-order valence-corrected chi connectivity index (χ2v) is 4.77. The van der Waals surface area contributed by atoms with Gasteiger partial charge >= 0.3 is 5.97 Å². The molecule has 0 aliphatic heterocycles. The Hall–Kier alpha value is -1.46. The maximum atomic E-state index is 11.5. The van der Waals surface area contributed by atoms with E-state index in [0.29, 0.717) is 19.4 Å². The van der Waals surface area contributed by atoms with Gasteiger partial charge in [-0.15, -0.1) is 0 Å². The van der Waals surface area contributed by atoms with Gasteiger partial charge in [0.15, 0.2) is 0 Å². The topological polar surface area (TPSA) is 86.5 Å². The van der Waals surface area contributed by atoms with Crippen molar-refractivity contribution in [1.29, 1.82) is 0 Å². The van der Waals surface area contributed by atoms with Crippen LogP contribution in [0.15, 0.2) is 0 Å². The van der Waals surface area contributed by atoms with Gasteiger partial charge in [0.25, 0.3) is 0 Å². The van der Waals surface area contributed by atoms with E-state index in [0.717, 1.165) is 0 Å². The van der Waals surface area contributed by atoms with Gasteiger partial charge in [-0.2, -0.15) is 0 Å². The molecule has 0 saturated heterocycles. The Morgan fingerprint density at radius 3 is 2.33 bits per heavy atom. The lowest BCUT2D eigenvalue weighted by Gasteiger charge is -2.24. The summed E-state index contributed by atoms with van der Waals surface area (Å²) in [7, 11) is 0. The summed E-state index contributed by atoms with van der Waals surface area (Å²) in [5.74, 6) is -1.24. The van der Waals surface area contributed by atoms with Gasteiger partial charge in [-0.25, -0.2) is 0 Å². The molecule has 0 aromatic rings. The summed E-state index contributed by atoms with van der Waals surface area (Å²) in [6.45, 7) is 6.24. The normalized spacial score (nSPS) is 12.9. The third-order valence-corrected chi connectivity index (χ3v) is 2.99. The van der Waals surface area contributed by atoms with E-state index in [1.807, 2.05) is 0 Å². The summed E-state index contributed by atoms with van der Waals surface area (Å²) in [5, 5.41) is 10.9. The van der Waals surface area contributed by atoms with Gasteiger partial charge < -0.3 is 4.74 Å². The summed E-state index contributed by atoms with van der Waals surface area (Å²) in [6.07, 6.45) is 0.924. The van der Waals surface area contributed by atoms with Crippen molar-refractivity contribution in [2.45, 2.75) is 52.5 Å². The first-order chi connectivity index (χ1) is 8.23. The van der Waals surface area contributed by atoms with Gasteiger partial charge in [0, 0.05) is 25.2 Å². The molecule has 1 unspecified atom stereocenters. The van der Waals surface area contributed by atoms with Crippen molar-refractivity contribution in [1.82, 2.24) is 0 Å². The predicted molar refractivity (Wildman–Crippen MR) is 65.7 cm³/mol. The first-order valence-electron chi connectivity index (χ1n) is 6.04. The maximum Gasteiger partial charge on any atom is 0.305 e. The third kappa shape index (κ3) is 4.81. The number of carbonyl (C=O) groups excluding carboxylic acids is 2. The van der Waals surface area contributed by atoms with Crippen LogP contribution in [0.25, 0.3) is 0 Å². The second kappa shape index (κ2) is 7.08. The Balaban J connectivity index is 4.44. The van der Waals surface area contributed by atoms with Gasteiger partial charge in [-0.3, -0.25) is 19.7 Å². The zero-order valence-corrected chi connectivity index (χ0v) is 11.4. The molecule has 0 aromatic heterocycles. The molecule has 0 amide bonds. The zero-order valence-electron chi connectivity index (χ0n) is 11.4.